The van der Waals surface area contributed by atoms with Crippen molar-refractivity contribution in [2.75, 3.05) is 33.1 Å². The van der Waals surface area contributed by atoms with E-state index >= 15 is 0 Å². The van der Waals surface area contributed by atoms with Gasteiger partial charge in [0.2, 0.25) is 5.95 Å². The van der Waals surface area contributed by atoms with Gasteiger partial charge in [0.1, 0.15) is 11.5 Å². The van der Waals surface area contributed by atoms with Crippen LogP contribution in [-0.2, 0) is 17.8 Å². The Labute approximate surface area is 154 Å². The minimum Gasteiger partial charge on any atom is -0.497 e. The molecule has 0 spiro atoms. The average Bonchev–Trinajstić information content (AvgIpc) is 3.17. The summed E-state index contributed by atoms with van der Waals surface area (Å²) in [6, 6.07) is 5.90. The summed E-state index contributed by atoms with van der Waals surface area (Å²) in [7, 11) is 3.33. The number of nitrogens with two attached hydrogens (primary N) is 1. The second-order valence-corrected chi connectivity index (χ2v) is 6.43. The molecule has 1 aromatic carbocycles. The van der Waals surface area contributed by atoms with E-state index in [9.17, 15) is 0 Å². The molecule has 1 atom stereocenters. The van der Waals surface area contributed by atoms with Crippen molar-refractivity contribution in [3.8, 4) is 11.5 Å². The van der Waals surface area contributed by atoms with Gasteiger partial charge in [-0.05, 0) is 18.9 Å². The molecule has 2 N–H and O–H groups in total. The SMILES string of the molecule is COc1ccc(CN(Cc2cnc(N)nc2)C[C@H]2CCCO2)c(OC)c1. The highest BCUT2D eigenvalue weighted by atomic mass is 16.5. The summed E-state index contributed by atoms with van der Waals surface area (Å²) >= 11 is 0. The van der Waals surface area contributed by atoms with Crippen LogP contribution in [0.25, 0.3) is 0 Å². The van der Waals surface area contributed by atoms with Crippen molar-refractivity contribution in [2.45, 2.75) is 32.0 Å². The molecule has 0 aliphatic carbocycles. The molecule has 2 aromatic rings. The van der Waals surface area contributed by atoms with Crippen LogP contribution in [-0.4, -0.2) is 48.3 Å². The van der Waals surface area contributed by atoms with Crippen LogP contribution in [0.3, 0.4) is 0 Å². The lowest BCUT2D eigenvalue weighted by atomic mass is 10.1. The molecule has 0 saturated carbocycles. The van der Waals surface area contributed by atoms with Gasteiger partial charge in [0, 0.05) is 55.8 Å². The number of benzene rings is 1. The molecule has 2 heterocycles. The maximum Gasteiger partial charge on any atom is 0.219 e. The number of nitrogen functional groups attached to an aromatic ring is 1. The predicted octanol–water partition coefficient (Wildman–Crippen LogP) is 2.26. The van der Waals surface area contributed by atoms with Crippen LogP contribution < -0.4 is 15.2 Å². The third-order valence-corrected chi connectivity index (χ3v) is 4.51. The van der Waals surface area contributed by atoms with Crippen molar-refractivity contribution in [1.29, 1.82) is 0 Å². The van der Waals surface area contributed by atoms with E-state index < -0.39 is 0 Å². The zero-order valence-corrected chi connectivity index (χ0v) is 15.4. The van der Waals surface area contributed by atoms with E-state index in [1.807, 2.05) is 18.2 Å². The lowest BCUT2D eigenvalue weighted by Gasteiger charge is -2.26. The molecule has 1 aromatic heterocycles. The Morgan fingerprint density at radius 3 is 2.65 bits per heavy atom. The van der Waals surface area contributed by atoms with Crippen LogP contribution in [0.15, 0.2) is 30.6 Å². The second kappa shape index (κ2) is 8.82. The van der Waals surface area contributed by atoms with Crippen molar-refractivity contribution in [1.82, 2.24) is 14.9 Å². The van der Waals surface area contributed by atoms with Crippen molar-refractivity contribution in [3.05, 3.63) is 41.7 Å². The van der Waals surface area contributed by atoms with E-state index in [0.29, 0.717) is 0 Å². The fourth-order valence-electron chi connectivity index (χ4n) is 3.19. The minimum atomic E-state index is 0.258. The Morgan fingerprint density at radius 2 is 2.00 bits per heavy atom. The van der Waals surface area contributed by atoms with Gasteiger partial charge in [0.25, 0.3) is 0 Å². The second-order valence-electron chi connectivity index (χ2n) is 6.43. The number of ether oxygens (including phenoxy) is 3. The zero-order chi connectivity index (χ0) is 18.4. The molecule has 3 rings (SSSR count). The highest BCUT2D eigenvalue weighted by Gasteiger charge is 2.21. The Bertz CT molecular complexity index is 702. The quantitative estimate of drug-likeness (QED) is 0.775. The van der Waals surface area contributed by atoms with E-state index in [-0.39, 0.29) is 12.1 Å². The number of aromatic nitrogens is 2. The van der Waals surface area contributed by atoms with Gasteiger partial charge < -0.3 is 19.9 Å². The number of nitrogens with zero attached hydrogens (tertiary/aromatic N) is 3. The van der Waals surface area contributed by atoms with Crippen LogP contribution >= 0.6 is 0 Å². The molecule has 0 radical (unpaired) electrons. The van der Waals surface area contributed by atoms with Crippen molar-refractivity contribution >= 4 is 5.95 Å². The lowest BCUT2D eigenvalue weighted by molar-refractivity contribution is 0.0675. The van der Waals surface area contributed by atoms with Gasteiger partial charge in [0.05, 0.1) is 20.3 Å². The highest BCUT2D eigenvalue weighted by molar-refractivity contribution is 5.40. The standard InChI is InChI=1S/C19H26N4O3/c1-24-16-6-5-15(18(8-16)25-2)12-23(13-17-4-3-7-26-17)11-14-9-21-19(20)22-10-14/h5-6,8-10,17H,3-4,7,11-13H2,1-2H3,(H2,20,21,22)/t17-/m1/s1. The predicted molar refractivity (Wildman–Crippen MR) is 99.1 cm³/mol. The summed E-state index contributed by atoms with van der Waals surface area (Å²) in [5.41, 5.74) is 7.71. The topological polar surface area (TPSA) is 82.7 Å². The Kier molecular flexibility index (Phi) is 6.25. The summed E-state index contributed by atoms with van der Waals surface area (Å²) in [6.07, 6.45) is 6.02. The molecular formula is C19H26N4O3. The fourth-order valence-corrected chi connectivity index (χ4v) is 3.19. The van der Waals surface area contributed by atoms with Crippen LogP contribution in [0.1, 0.15) is 24.0 Å². The first kappa shape index (κ1) is 18.4. The Morgan fingerprint density at radius 1 is 1.19 bits per heavy atom. The molecule has 140 valence electrons. The number of anilines is 1. The smallest absolute Gasteiger partial charge is 0.219 e. The maximum atomic E-state index is 5.83. The van der Waals surface area contributed by atoms with Crippen molar-refractivity contribution < 1.29 is 14.2 Å². The molecule has 7 heteroatoms. The van der Waals surface area contributed by atoms with Crippen molar-refractivity contribution in [2.24, 2.45) is 0 Å². The third kappa shape index (κ3) is 4.83. The van der Waals surface area contributed by atoms with Crippen LogP contribution in [0.5, 0.6) is 11.5 Å². The van der Waals surface area contributed by atoms with E-state index in [1.54, 1.807) is 26.6 Å². The molecule has 1 saturated heterocycles. The summed E-state index contributed by atoms with van der Waals surface area (Å²) in [5, 5.41) is 0. The van der Waals surface area contributed by atoms with E-state index in [4.69, 9.17) is 19.9 Å². The largest absolute Gasteiger partial charge is 0.497 e. The van der Waals surface area contributed by atoms with Gasteiger partial charge in [-0.2, -0.15) is 0 Å². The van der Waals surface area contributed by atoms with E-state index in [2.05, 4.69) is 14.9 Å². The molecule has 0 amide bonds. The van der Waals surface area contributed by atoms with Gasteiger partial charge in [-0.25, -0.2) is 9.97 Å². The highest BCUT2D eigenvalue weighted by Crippen LogP contribution is 2.27. The summed E-state index contributed by atoms with van der Waals surface area (Å²) in [5.74, 6) is 1.88. The Hall–Kier alpha value is -2.38. The molecule has 1 aliphatic rings. The molecule has 1 fully saturated rings. The van der Waals surface area contributed by atoms with Crippen LogP contribution in [0.2, 0.25) is 0 Å². The maximum absolute atomic E-state index is 5.83. The average molecular weight is 358 g/mol. The van der Waals surface area contributed by atoms with Crippen molar-refractivity contribution in [3.63, 3.8) is 0 Å². The normalized spacial score (nSPS) is 16.8. The van der Waals surface area contributed by atoms with Gasteiger partial charge >= 0.3 is 0 Å². The zero-order valence-electron chi connectivity index (χ0n) is 15.4. The van der Waals surface area contributed by atoms with Crippen LogP contribution in [0.4, 0.5) is 5.95 Å². The van der Waals surface area contributed by atoms with Crippen LogP contribution in [0, 0.1) is 0 Å². The van der Waals surface area contributed by atoms with Gasteiger partial charge in [-0.1, -0.05) is 6.07 Å². The molecule has 1 aliphatic heterocycles. The monoisotopic (exact) mass is 358 g/mol. The van der Waals surface area contributed by atoms with Gasteiger partial charge in [-0.15, -0.1) is 0 Å². The Balaban J connectivity index is 1.77. The molecule has 26 heavy (non-hydrogen) atoms. The molecule has 0 bridgehead atoms. The number of methoxy groups -OCH3 is 2. The summed E-state index contributed by atoms with van der Waals surface area (Å²) < 4.78 is 16.7. The van der Waals surface area contributed by atoms with Gasteiger partial charge in [0.15, 0.2) is 0 Å². The van der Waals surface area contributed by atoms with E-state index in [0.717, 1.165) is 61.7 Å². The molecule has 7 nitrogen and oxygen atoms in total. The van der Waals surface area contributed by atoms with Gasteiger partial charge in [-0.3, -0.25) is 4.90 Å². The molecule has 0 unspecified atom stereocenters. The number of hydrogen-bond acceptors (Lipinski definition) is 7. The van der Waals surface area contributed by atoms with E-state index in [1.165, 1.54) is 0 Å². The fraction of sp³-hybridized carbons (Fsp3) is 0.474. The number of hydrogen-bond donors (Lipinski definition) is 1. The lowest BCUT2D eigenvalue weighted by Crippen LogP contribution is -2.31. The minimum absolute atomic E-state index is 0.258. The molecular weight excluding hydrogens is 332 g/mol. The first-order valence-electron chi connectivity index (χ1n) is 8.79. The first-order valence-corrected chi connectivity index (χ1v) is 8.79. The summed E-state index contributed by atoms with van der Waals surface area (Å²) in [6.45, 7) is 3.14. The number of rotatable bonds is 8. The summed E-state index contributed by atoms with van der Waals surface area (Å²) in [4.78, 5) is 10.5. The first-order chi connectivity index (χ1) is 12.7. The third-order valence-electron chi connectivity index (χ3n) is 4.51.